The first kappa shape index (κ1) is 14.8. The molecule has 1 saturated carbocycles. The predicted octanol–water partition coefficient (Wildman–Crippen LogP) is 1.53. The van der Waals surface area contributed by atoms with E-state index in [0.717, 1.165) is 32.2 Å². The monoisotopic (exact) mass is 268 g/mol. The van der Waals surface area contributed by atoms with Gasteiger partial charge in [0.05, 0.1) is 12.1 Å². The van der Waals surface area contributed by atoms with Crippen LogP contribution in [0.5, 0.6) is 0 Å². The number of amides is 1. The Balaban J connectivity index is 1.77. The van der Waals surface area contributed by atoms with E-state index in [4.69, 9.17) is 0 Å². The fourth-order valence-electron chi connectivity index (χ4n) is 3.51. The Hall–Kier alpha value is -0.610. The topological polar surface area (TPSA) is 52.6 Å². The van der Waals surface area contributed by atoms with Crippen molar-refractivity contribution in [2.45, 2.75) is 63.5 Å². The molecule has 1 amide bonds. The van der Waals surface area contributed by atoms with Crippen LogP contribution >= 0.6 is 0 Å². The molecule has 2 fully saturated rings. The minimum Gasteiger partial charge on any atom is -0.392 e. The fraction of sp³-hybridized carbons (Fsp3) is 0.933. The van der Waals surface area contributed by atoms with Crippen molar-refractivity contribution in [3.8, 4) is 0 Å². The SMILES string of the molecule is CN(CC(O)CC1CCCC1)C1CCCCNC1=O. The summed E-state index contributed by atoms with van der Waals surface area (Å²) >= 11 is 0. The number of hydrogen-bond donors (Lipinski definition) is 2. The fourth-order valence-corrected chi connectivity index (χ4v) is 3.51. The molecular weight excluding hydrogens is 240 g/mol. The van der Waals surface area contributed by atoms with E-state index in [9.17, 15) is 9.90 Å². The standard InChI is InChI=1S/C15H28N2O2/c1-17(14-8-4-5-9-16-15(14)19)11-13(18)10-12-6-2-3-7-12/h12-14,18H,2-11H2,1H3,(H,16,19). The van der Waals surface area contributed by atoms with Gasteiger partial charge in [-0.25, -0.2) is 0 Å². The largest absolute Gasteiger partial charge is 0.392 e. The molecule has 1 heterocycles. The second-order valence-corrected chi connectivity index (χ2v) is 6.28. The molecular formula is C15H28N2O2. The van der Waals surface area contributed by atoms with Gasteiger partial charge in [-0.1, -0.05) is 25.7 Å². The summed E-state index contributed by atoms with van der Waals surface area (Å²) in [6.07, 6.45) is 8.86. The summed E-state index contributed by atoms with van der Waals surface area (Å²) in [5.41, 5.74) is 0. The van der Waals surface area contributed by atoms with Crippen molar-refractivity contribution >= 4 is 5.91 Å². The summed E-state index contributed by atoms with van der Waals surface area (Å²) in [5.74, 6) is 0.833. The Morgan fingerprint density at radius 1 is 1.26 bits per heavy atom. The maximum absolute atomic E-state index is 11.9. The van der Waals surface area contributed by atoms with Gasteiger partial charge in [-0.05, 0) is 38.6 Å². The third-order valence-electron chi connectivity index (χ3n) is 4.62. The molecule has 1 aliphatic heterocycles. The van der Waals surface area contributed by atoms with Crippen molar-refractivity contribution in [2.75, 3.05) is 20.1 Å². The molecule has 1 aliphatic carbocycles. The zero-order valence-corrected chi connectivity index (χ0v) is 12.1. The first-order valence-corrected chi connectivity index (χ1v) is 7.83. The number of nitrogens with zero attached hydrogens (tertiary/aromatic N) is 1. The van der Waals surface area contributed by atoms with Crippen molar-refractivity contribution in [3.63, 3.8) is 0 Å². The number of rotatable bonds is 5. The highest BCUT2D eigenvalue weighted by molar-refractivity contribution is 5.81. The Morgan fingerprint density at radius 3 is 2.68 bits per heavy atom. The first-order valence-electron chi connectivity index (χ1n) is 7.83. The van der Waals surface area contributed by atoms with E-state index < -0.39 is 0 Å². The molecule has 0 radical (unpaired) electrons. The van der Waals surface area contributed by atoms with Gasteiger partial charge < -0.3 is 10.4 Å². The van der Waals surface area contributed by atoms with Crippen LogP contribution in [0.25, 0.3) is 0 Å². The van der Waals surface area contributed by atoms with Crippen LogP contribution < -0.4 is 5.32 Å². The Labute approximate surface area is 116 Å². The Morgan fingerprint density at radius 2 is 1.95 bits per heavy atom. The quantitative estimate of drug-likeness (QED) is 0.795. The number of carbonyl (C=O) groups excluding carboxylic acids is 1. The number of aliphatic hydroxyl groups is 1. The summed E-state index contributed by atoms with van der Waals surface area (Å²) < 4.78 is 0. The van der Waals surface area contributed by atoms with Crippen LogP contribution in [0.4, 0.5) is 0 Å². The van der Waals surface area contributed by atoms with Crippen LogP contribution in [0.3, 0.4) is 0 Å². The van der Waals surface area contributed by atoms with Crippen molar-refractivity contribution in [3.05, 3.63) is 0 Å². The molecule has 2 aliphatic rings. The number of likely N-dealkylation sites (N-methyl/N-ethyl adjacent to an activating group) is 1. The molecule has 110 valence electrons. The van der Waals surface area contributed by atoms with Crippen molar-refractivity contribution < 1.29 is 9.90 Å². The van der Waals surface area contributed by atoms with Gasteiger partial charge in [0.15, 0.2) is 0 Å². The normalized spacial score (nSPS) is 27.3. The molecule has 0 aromatic heterocycles. The average molecular weight is 268 g/mol. The van der Waals surface area contributed by atoms with E-state index >= 15 is 0 Å². The lowest BCUT2D eigenvalue weighted by molar-refractivity contribution is -0.126. The maximum Gasteiger partial charge on any atom is 0.237 e. The van der Waals surface area contributed by atoms with E-state index in [2.05, 4.69) is 5.32 Å². The zero-order valence-electron chi connectivity index (χ0n) is 12.1. The molecule has 0 spiro atoms. The third-order valence-corrected chi connectivity index (χ3v) is 4.62. The highest BCUT2D eigenvalue weighted by Gasteiger charge is 2.27. The van der Waals surface area contributed by atoms with Crippen molar-refractivity contribution in [1.82, 2.24) is 10.2 Å². The lowest BCUT2D eigenvalue weighted by atomic mass is 9.99. The molecule has 19 heavy (non-hydrogen) atoms. The van der Waals surface area contributed by atoms with Crippen molar-refractivity contribution in [1.29, 1.82) is 0 Å². The molecule has 0 aromatic carbocycles. The van der Waals surface area contributed by atoms with E-state index in [1.807, 2.05) is 11.9 Å². The summed E-state index contributed by atoms with van der Waals surface area (Å²) in [6, 6.07) is -0.0549. The van der Waals surface area contributed by atoms with Gasteiger partial charge in [-0.3, -0.25) is 9.69 Å². The van der Waals surface area contributed by atoms with Gasteiger partial charge in [-0.15, -0.1) is 0 Å². The summed E-state index contributed by atoms with van der Waals surface area (Å²) in [5, 5.41) is 13.2. The van der Waals surface area contributed by atoms with Gasteiger partial charge in [0, 0.05) is 13.1 Å². The van der Waals surface area contributed by atoms with Gasteiger partial charge >= 0.3 is 0 Å². The van der Waals surface area contributed by atoms with E-state index in [1.165, 1.54) is 25.7 Å². The molecule has 0 aromatic rings. The molecule has 0 bridgehead atoms. The maximum atomic E-state index is 11.9. The van der Waals surface area contributed by atoms with Crippen LogP contribution in [0.15, 0.2) is 0 Å². The summed E-state index contributed by atoms with van der Waals surface area (Å²) in [4.78, 5) is 14.0. The smallest absolute Gasteiger partial charge is 0.237 e. The summed E-state index contributed by atoms with van der Waals surface area (Å²) in [6.45, 7) is 1.42. The highest BCUT2D eigenvalue weighted by Crippen LogP contribution is 2.28. The average Bonchev–Trinajstić information content (AvgIpc) is 2.76. The molecule has 4 nitrogen and oxygen atoms in total. The number of hydrogen-bond acceptors (Lipinski definition) is 3. The molecule has 2 atom stereocenters. The molecule has 4 heteroatoms. The lowest BCUT2D eigenvalue weighted by Gasteiger charge is -2.28. The van der Waals surface area contributed by atoms with Gasteiger partial charge in [-0.2, -0.15) is 0 Å². The summed E-state index contributed by atoms with van der Waals surface area (Å²) in [7, 11) is 1.97. The minimum absolute atomic E-state index is 0.0549. The van der Waals surface area contributed by atoms with Crippen LogP contribution in [-0.4, -0.2) is 48.2 Å². The number of aliphatic hydroxyl groups excluding tert-OH is 1. The van der Waals surface area contributed by atoms with Crippen LogP contribution in [0.1, 0.15) is 51.4 Å². The molecule has 1 saturated heterocycles. The highest BCUT2D eigenvalue weighted by atomic mass is 16.3. The van der Waals surface area contributed by atoms with Crippen LogP contribution in [0, 0.1) is 5.92 Å². The van der Waals surface area contributed by atoms with Gasteiger partial charge in [0.1, 0.15) is 0 Å². The first-order chi connectivity index (χ1) is 9.16. The van der Waals surface area contributed by atoms with Gasteiger partial charge in [0.25, 0.3) is 0 Å². The second kappa shape index (κ2) is 7.25. The van der Waals surface area contributed by atoms with E-state index in [1.54, 1.807) is 0 Å². The van der Waals surface area contributed by atoms with E-state index in [0.29, 0.717) is 12.5 Å². The molecule has 2 rings (SSSR count). The van der Waals surface area contributed by atoms with Gasteiger partial charge in [0.2, 0.25) is 5.91 Å². The lowest BCUT2D eigenvalue weighted by Crippen LogP contribution is -2.46. The Bertz CT molecular complexity index is 290. The molecule has 2 N–H and O–H groups in total. The van der Waals surface area contributed by atoms with E-state index in [-0.39, 0.29) is 18.1 Å². The third kappa shape index (κ3) is 4.46. The molecule has 2 unspecified atom stereocenters. The van der Waals surface area contributed by atoms with Crippen LogP contribution in [-0.2, 0) is 4.79 Å². The Kier molecular flexibility index (Phi) is 5.64. The predicted molar refractivity (Wildman–Crippen MR) is 75.9 cm³/mol. The minimum atomic E-state index is -0.288. The number of nitrogens with one attached hydrogen (secondary N) is 1. The zero-order chi connectivity index (χ0) is 13.7. The van der Waals surface area contributed by atoms with Crippen LogP contribution in [0.2, 0.25) is 0 Å². The number of carbonyl (C=O) groups is 1. The van der Waals surface area contributed by atoms with Crippen molar-refractivity contribution in [2.24, 2.45) is 5.92 Å². The second-order valence-electron chi connectivity index (χ2n) is 6.28.